The fourth-order valence-corrected chi connectivity index (χ4v) is 8.27. The zero-order valence-corrected chi connectivity index (χ0v) is 57.2. The summed E-state index contributed by atoms with van der Waals surface area (Å²) in [6, 6.07) is 0. The van der Waals surface area contributed by atoms with E-state index in [4.69, 9.17) is 37.7 Å². The normalized spacial score (nSPS) is 8.00. The quantitative estimate of drug-likeness (QED) is 0.112. The average molecular weight is 958 g/mol. The third-order valence-corrected chi connectivity index (χ3v) is 5.51. The van der Waals surface area contributed by atoms with Crippen LogP contribution in [0, 0.1) is 29.7 Å². The van der Waals surface area contributed by atoms with Crippen molar-refractivity contribution in [3.63, 3.8) is 0 Å². The molecule has 0 amide bonds. The molecule has 0 rings (SSSR count). The molecular formula is C21H92O10Si11Ti3-2. The first-order valence-corrected chi connectivity index (χ1v) is 35.4. The molecule has 45 heavy (non-hydrogen) atoms. The summed E-state index contributed by atoms with van der Waals surface area (Å²) in [4.78, 5) is 51.5. The molecule has 294 valence electrons. The molecule has 0 saturated heterocycles. The molecule has 0 aliphatic heterocycles. The van der Waals surface area contributed by atoms with E-state index in [1.165, 1.54) is 0 Å². The first kappa shape index (κ1) is 125. The van der Waals surface area contributed by atoms with Gasteiger partial charge in [-0.05, 0) is 58.9 Å². The fourth-order valence-electron chi connectivity index (χ4n) is 0.919. The molecular weight excluding hydrogens is 865 g/mol. The van der Waals surface area contributed by atoms with Gasteiger partial charge in [0, 0.05) is 59.6 Å². The van der Waals surface area contributed by atoms with Crippen molar-refractivity contribution >= 4 is 104 Å². The van der Waals surface area contributed by atoms with Gasteiger partial charge in [-0.1, -0.05) is 52.4 Å². The second-order valence-corrected chi connectivity index (χ2v) is 38.1. The van der Waals surface area contributed by atoms with Crippen molar-refractivity contribution in [1.29, 1.82) is 0 Å². The monoisotopic (exact) mass is 956 g/mol. The van der Waals surface area contributed by atoms with Gasteiger partial charge in [0.25, 0.3) is 0 Å². The Morgan fingerprint density at radius 3 is 0.400 bits per heavy atom. The van der Waals surface area contributed by atoms with E-state index in [1.54, 1.807) is 0 Å². The molecule has 0 aliphatic carbocycles. The van der Waals surface area contributed by atoms with E-state index in [9.17, 15) is 0 Å². The summed E-state index contributed by atoms with van der Waals surface area (Å²) in [6.07, 6.45) is 0. The Morgan fingerprint density at radius 1 is 0.356 bits per heavy atom. The van der Waals surface area contributed by atoms with E-state index >= 15 is 0 Å². The molecule has 0 fully saturated rings. The molecule has 0 aromatic rings. The Balaban J connectivity index is -0.0000000101. The Morgan fingerprint density at radius 2 is 0.400 bits per heavy atom. The second-order valence-electron chi connectivity index (χ2n) is 12.5. The summed E-state index contributed by atoms with van der Waals surface area (Å²) in [5.41, 5.74) is 0. The van der Waals surface area contributed by atoms with Gasteiger partial charge in [0.1, 0.15) is 62.9 Å². The Hall–Kier alpha value is 4.13. The molecule has 0 aromatic carbocycles. The molecule has 0 atom stereocenters. The summed E-state index contributed by atoms with van der Waals surface area (Å²) < 4.78 is 5.90. The third kappa shape index (κ3) is 998. The van der Waals surface area contributed by atoms with Crippen LogP contribution in [-0.2, 0) is 69.3 Å². The van der Waals surface area contributed by atoms with E-state index in [0.717, 1.165) is 0 Å². The maximum atomic E-state index is 8.66. The number of rotatable bonds is 2. The van der Waals surface area contributed by atoms with E-state index in [2.05, 4.69) is 91.7 Å². The second kappa shape index (κ2) is 86.6. The van der Waals surface area contributed by atoms with Gasteiger partial charge in [0.15, 0.2) is 25.0 Å². The van der Waals surface area contributed by atoms with Gasteiger partial charge in [-0.2, -0.15) is 0 Å². The van der Waals surface area contributed by atoms with Crippen LogP contribution in [-0.4, -0.2) is 149 Å². The predicted octanol–water partition coefficient (Wildman–Crippen LogP) is -2.91. The van der Waals surface area contributed by atoms with Gasteiger partial charge in [-0.3, -0.25) is 0 Å². The molecule has 0 radical (unpaired) electrons. The number of hydrogen-bond acceptors (Lipinski definition) is 8. The molecule has 0 heterocycles. The standard InChI is InChI=1S/C6H18OSi2.2C4H12Si.C3H10OSi.4CH3.6H4OSi.2H2O.3Ti/c1-8(2,3)7-9(4,5)6;3*1-5(2,3)4;;;;;6*1-2;;;;;/h1-6H3;2*1-4H3;4H,1-3H3;4*1H3;6*1H,2H3;2*1H2;;;/q;;;;4*-1;;;;;;;;;;;+2. The van der Waals surface area contributed by atoms with Crippen LogP contribution in [0.2, 0.25) is 111 Å². The van der Waals surface area contributed by atoms with Crippen molar-refractivity contribution < 1.29 is 114 Å². The molecule has 24 heteroatoms. The molecule has 0 aromatic heterocycles. The van der Waals surface area contributed by atoms with Crippen LogP contribution in [0.4, 0.5) is 0 Å². The maximum Gasteiger partial charge on any atom is 2.00 e. The summed E-state index contributed by atoms with van der Waals surface area (Å²) in [5, 5.41) is 0. The first-order valence-electron chi connectivity index (χ1n) is 11.8. The van der Waals surface area contributed by atoms with Crippen LogP contribution >= 0.6 is 0 Å². The Labute approximate surface area is 355 Å². The van der Waals surface area contributed by atoms with E-state index < -0.39 is 41.1 Å². The van der Waals surface area contributed by atoms with Crippen molar-refractivity contribution in [2.45, 2.75) is 111 Å². The Bertz CT molecular complexity index is 280. The molecule has 0 aliphatic rings. The van der Waals surface area contributed by atoms with Crippen molar-refractivity contribution in [3.8, 4) is 0 Å². The zero-order chi connectivity index (χ0) is 33.2. The van der Waals surface area contributed by atoms with Gasteiger partial charge in [0.2, 0.25) is 0 Å². The van der Waals surface area contributed by atoms with Crippen molar-refractivity contribution in [2.24, 2.45) is 0 Å². The minimum absolute atomic E-state index is 0. The van der Waals surface area contributed by atoms with Gasteiger partial charge < -0.3 is 78.3 Å². The van der Waals surface area contributed by atoms with Crippen LogP contribution in [0.25, 0.3) is 0 Å². The smallest absolute Gasteiger partial charge is 0.456 e. The maximum absolute atomic E-state index is 8.66. The molecule has 0 bridgehead atoms. The summed E-state index contributed by atoms with van der Waals surface area (Å²) >= 11 is 0. The zero-order valence-electron chi connectivity index (χ0n) is 35.5. The van der Waals surface area contributed by atoms with Crippen LogP contribution < -0.4 is 0 Å². The minimum atomic E-state index is -1.61. The average Bonchev–Trinajstić information content (AvgIpc) is 2.65. The number of hydrogen-bond donors (Lipinski definition) is 7. The summed E-state index contributed by atoms with van der Waals surface area (Å²) in [5.74, 6) is 0. The molecule has 10 nitrogen and oxygen atoms in total. The largest absolute Gasteiger partial charge is 2.00 e. The van der Waals surface area contributed by atoms with Crippen LogP contribution in [0.1, 0.15) is 0 Å². The summed E-state index contributed by atoms with van der Waals surface area (Å²) in [6.45, 7) is 37.7. The van der Waals surface area contributed by atoms with Crippen molar-refractivity contribution in [2.75, 3.05) is 0 Å². The molecule has 11 N–H and O–H groups in total. The van der Waals surface area contributed by atoms with Crippen LogP contribution in [0.3, 0.4) is 0 Å². The molecule has 0 spiro atoms. The van der Waals surface area contributed by atoms with E-state index in [1.807, 2.05) is 19.6 Å². The summed E-state index contributed by atoms with van der Waals surface area (Å²) in [7, 11) is -3.46. The van der Waals surface area contributed by atoms with Gasteiger partial charge >= 0.3 is 21.7 Å². The van der Waals surface area contributed by atoms with Gasteiger partial charge in [-0.25, -0.2) is 0 Å². The fraction of sp³-hybridized carbons (Fsp3) is 0.810. The molecule has 0 unspecified atom stereocenters. The van der Waals surface area contributed by atoms with Crippen molar-refractivity contribution in [3.05, 3.63) is 29.7 Å². The van der Waals surface area contributed by atoms with Crippen LogP contribution in [0.15, 0.2) is 0 Å². The van der Waals surface area contributed by atoms with E-state index in [-0.39, 0.29) is 106 Å². The van der Waals surface area contributed by atoms with E-state index in [0.29, 0.717) is 62.9 Å². The minimum Gasteiger partial charge on any atom is -0.456 e. The topological polar surface area (TPSA) is 214 Å². The van der Waals surface area contributed by atoms with Gasteiger partial charge in [0.05, 0.1) is 0 Å². The van der Waals surface area contributed by atoms with Crippen molar-refractivity contribution in [1.82, 2.24) is 0 Å². The van der Waals surface area contributed by atoms with Gasteiger partial charge in [-0.15, -0.1) is 0 Å². The first-order chi connectivity index (χ1) is 15.7. The SMILES string of the molecule is C[Si](C)(C)C.C[Si](C)(C)C.C[Si](C)(C)O.C[Si](C)(C)O[Si](C)(C)C.O.O.O[SiH3].O[SiH3].O[SiH3].O[SiH3].O[SiH3].O[SiH3].[CH3-].[CH3-].[CH3-].[CH3-].[Ti+2].[Ti].[Ti]. The van der Waals surface area contributed by atoms with Crippen LogP contribution in [0.5, 0.6) is 0 Å². The predicted molar refractivity (Wildman–Crippen MR) is 238 cm³/mol. The third-order valence-electron chi connectivity index (χ3n) is 0.612. The Kier molecular flexibility index (Phi) is 241. The molecule has 0 saturated carbocycles.